The summed E-state index contributed by atoms with van der Waals surface area (Å²) in [5, 5.41) is 6.87. The maximum absolute atomic E-state index is 11.6. The number of nitrogens with one attached hydrogen (secondary N) is 2. The average Bonchev–Trinajstić information content (AvgIpc) is 3.00. The summed E-state index contributed by atoms with van der Waals surface area (Å²) in [6.45, 7) is 1.07. The van der Waals surface area contributed by atoms with Gasteiger partial charge in [0.2, 0.25) is 10.0 Å². The van der Waals surface area contributed by atoms with Gasteiger partial charge in [0.25, 0.3) is 0 Å². The normalized spacial score (nSPS) is 16.0. The number of hydrogen-bond donors (Lipinski definition) is 2. The highest BCUT2D eigenvalue weighted by Gasteiger charge is 2.19. The summed E-state index contributed by atoms with van der Waals surface area (Å²) in [7, 11) is -3.21. The smallest absolute Gasteiger partial charge is 0.212 e. The van der Waals surface area contributed by atoms with Gasteiger partial charge in [0.05, 0.1) is 18.5 Å². The van der Waals surface area contributed by atoms with E-state index in [0.717, 1.165) is 13.0 Å². The molecule has 0 aromatic carbocycles. The lowest BCUT2D eigenvalue weighted by atomic mass is 10.3. The van der Waals surface area contributed by atoms with Gasteiger partial charge in [-0.15, -0.1) is 0 Å². The van der Waals surface area contributed by atoms with Crippen LogP contribution in [0.3, 0.4) is 0 Å². The van der Waals surface area contributed by atoms with Gasteiger partial charge in [0.15, 0.2) is 5.76 Å². The van der Waals surface area contributed by atoms with E-state index in [-0.39, 0.29) is 12.3 Å². The fourth-order valence-electron chi connectivity index (χ4n) is 1.60. The number of unbranched alkanes of at least 4 members (excludes halogenated alkanes) is 1. The molecule has 1 aliphatic carbocycles. The number of aromatic nitrogens is 1. The third-order valence-electron chi connectivity index (χ3n) is 2.81. The summed E-state index contributed by atoms with van der Waals surface area (Å²) in [6.07, 6.45) is 5.58. The molecule has 0 spiro atoms. The molecular weight excluding hydrogens is 254 g/mol. The summed E-state index contributed by atoms with van der Waals surface area (Å²) < 4.78 is 30.6. The Hall–Kier alpha value is -0.920. The standard InChI is InChI=1S/C11H19N3O3S/c15-18(16,14-9-11-5-7-13-17-11)8-2-1-6-12-10-3-4-10/h5,7,10,12,14H,1-4,6,8-9H2. The largest absolute Gasteiger partial charge is 0.360 e. The van der Waals surface area contributed by atoms with Crippen LogP contribution in [-0.4, -0.2) is 31.9 Å². The monoisotopic (exact) mass is 273 g/mol. The first kappa shape index (κ1) is 13.5. The molecule has 6 nitrogen and oxygen atoms in total. The molecule has 0 aliphatic heterocycles. The summed E-state index contributed by atoms with van der Waals surface area (Å²) in [5.74, 6) is 0.682. The molecule has 18 heavy (non-hydrogen) atoms. The molecule has 0 atom stereocenters. The van der Waals surface area contributed by atoms with Crippen molar-refractivity contribution in [3.05, 3.63) is 18.0 Å². The van der Waals surface area contributed by atoms with E-state index in [0.29, 0.717) is 18.2 Å². The Bertz CT molecular complexity index is 440. The summed E-state index contributed by atoms with van der Waals surface area (Å²) in [5.41, 5.74) is 0. The Kier molecular flexibility index (Phi) is 4.73. The van der Waals surface area contributed by atoms with Crippen molar-refractivity contribution >= 4 is 10.0 Å². The zero-order chi connectivity index (χ0) is 12.8. The first-order valence-electron chi connectivity index (χ1n) is 6.26. The lowest BCUT2D eigenvalue weighted by Gasteiger charge is -2.05. The molecule has 0 radical (unpaired) electrons. The van der Waals surface area contributed by atoms with E-state index in [1.165, 1.54) is 19.0 Å². The third-order valence-corrected chi connectivity index (χ3v) is 4.22. The number of rotatable bonds is 9. The molecule has 0 bridgehead atoms. The second-order valence-electron chi connectivity index (χ2n) is 4.55. The molecular formula is C11H19N3O3S. The lowest BCUT2D eigenvalue weighted by Crippen LogP contribution is -2.26. The van der Waals surface area contributed by atoms with Crippen LogP contribution in [0.25, 0.3) is 0 Å². The Morgan fingerprint density at radius 3 is 2.89 bits per heavy atom. The fraction of sp³-hybridized carbons (Fsp3) is 0.727. The van der Waals surface area contributed by atoms with Crippen molar-refractivity contribution in [2.24, 2.45) is 0 Å². The van der Waals surface area contributed by atoms with Gasteiger partial charge >= 0.3 is 0 Å². The predicted octanol–water partition coefficient (Wildman–Crippen LogP) is 0.626. The van der Waals surface area contributed by atoms with E-state index in [2.05, 4.69) is 15.2 Å². The van der Waals surface area contributed by atoms with Crippen molar-refractivity contribution in [1.29, 1.82) is 0 Å². The molecule has 2 N–H and O–H groups in total. The number of hydrogen-bond acceptors (Lipinski definition) is 5. The molecule has 0 amide bonds. The Morgan fingerprint density at radius 2 is 2.22 bits per heavy atom. The fourth-order valence-corrected chi connectivity index (χ4v) is 2.69. The molecule has 0 saturated heterocycles. The van der Waals surface area contributed by atoms with Crippen LogP contribution in [0.15, 0.2) is 16.8 Å². The van der Waals surface area contributed by atoms with Crippen molar-refractivity contribution in [2.75, 3.05) is 12.3 Å². The molecule has 1 aromatic rings. The molecule has 1 heterocycles. The topological polar surface area (TPSA) is 84.2 Å². The average molecular weight is 273 g/mol. The van der Waals surface area contributed by atoms with Gasteiger partial charge in [-0.25, -0.2) is 13.1 Å². The summed E-state index contributed by atoms with van der Waals surface area (Å²) in [6, 6.07) is 2.33. The highest BCUT2D eigenvalue weighted by molar-refractivity contribution is 7.89. The van der Waals surface area contributed by atoms with E-state index in [4.69, 9.17) is 4.52 Å². The van der Waals surface area contributed by atoms with Crippen LogP contribution in [0, 0.1) is 0 Å². The lowest BCUT2D eigenvalue weighted by molar-refractivity contribution is 0.380. The van der Waals surface area contributed by atoms with Crippen LogP contribution < -0.4 is 10.0 Å². The summed E-state index contributed by atoms with van der Waals surface area (Å²) in [4.78, 5) is 0. The van der Waals surface area contributed by atoms with Gasteiger partial charge in [0.1, 0.15) is 0 Å². The molecule has 1 aliphatic rings. The van der Waals surface area contributed by atoms with Crippen LogP contribution in [0.1, 0.15) is 31.4 Å². The van der Waals surface area contributed by atoms with E-state index < -0.39 is 10.0 Å². The molecule has 7 heteroatoms. The zero-order valence-electron chi connectivity index (χ0n) is 10.3. The zero-order valence-corrected chi connectivity index (χ0v) is 11.1. The van der Waals surface area contributed by atoms with Crippen LogP contribution >= 0.6 is 0 Å². The van der Waals surface area contributed by atoms with Crippen molar-refractivity contribution in [2.45, 2.75) is 38.3 Å². The molecule has 0 unspecified atom stereocenters. The van der Waals surface area contributed by atoms with Crippen molar-refractivity contribution in [3.8, 4) is 0 Å². The molecule has 2 rings (SSSR count). The van der Waals surface area contributed by atoms with E-state index in [1.807, 2.05) is 0 Å². The summed E-state index contributed by atoms with van der Waals surface area (Å²) >= 11 is 0. The quantitative estimate of drug-likeness (QED) is 0.645. The first-order valence-corrected chi connectivity index (χ1v) is 7.91. The Balaban J connectivity index is 1.57. The van der Waals surface area contributed by atoms with Gasteiger partial charge in [-0.2, -0.15) is 0 Å². The molecule has 102 valence electrons. The van der Waals surface area contributed by atoms with Crippen LogP contribution in [0.2, 0.25) is 0 Å². The number of nitrogens with zero attached hydrogens (tertiary/aromatic N) is 1. The van der Waals surface area contributed by atoms with E-state index in [9.17, 15) is 8.42 Å². The van der Waals surface area contributed by atoms with Crippen molar-refractivity contribution in [3.63, 3.8) is 0 Å². The maximum atomic E-state index is 11.6. The van der Waals surface area contributed by atoms with Crippen molar-refractivity contribution < 1.29 is 12.9 Å². The second-order valence-corrected chi connectivity index (χ2v) is 6.48. The third kappa shape index (κ3) is 5.16. The van der Waals surface area contributed by atoms with Crippen LogP contribution in [0.5, 0.6) is 0 Å². The van der Waals surface area contributed by atoms with Gasteiger partial charge < -0.3 is 9.84 Å². The number of sulfonamides is 1. The van der Waals surface area contributed by atoms with E-state index >= 15 is 0 Å². The van der Waals surface area contributed by atoms with Gasteiger partial charge in [0, 0.05) is 12.1 Å². The highest BCUT2D eigenvalue weighted by Crippen LogP contribution is 2.18. The van der Waals surface area contributed by atoms with Crippen LogP contribution in [-0.2, 0) is 16.6 Å². The Morgan fingerprint density at radius 1 is 1.39 bits per heavy atom. The second kappa shape index (κ2) is 6.31. The molecule has 1 fully saturated rings. The minimum atomic E-state index is -3.21. The van der Waals surface area contributed by atoms with Gasteiger partial charge in [-0.1, -0.05) is 5.16 Å². The predicted molar refractivity (Wildman–Crippen MR) is 67.4 cm³/mol. The van der Waals surface area contributed by atoms with Crippen LogP contribution in [0.4, 0.5) is 0 Å². The first-order chi connectivity index (χ1) is 8.66. The molecule has 1 aromatic heterocycles. The minimum absolute atomic E-state index is 0.160. The molecule has 1 saturated carbocycles. The Labute approximate surface area is 107 Å². The van der Waals surface area contributed by atoms with Gasteiger partial charge in [-0.3, -0.25) is 0 Å². The van der Waals surface area contributed by atoms with E-state index in [1.54, 1.807) is 6.07 Å². The SMILES string of the molecule is O=S(=O)(CCCCNC1CC1)NCc1ccno1. The van der Waals surface area contributed by atoms with Gasteiger partial charge in [-0.05, 0) is 32.2 Å². The highest BCUT2D eigenvalue weighted by atomic mass is 32.2. The maximum Gasteiger partial charge on any atom is 0.212 e. The minimum Gasteiger partial charge on any atom is -0.360 e. The van der Waals surface area contributed by atoms with Crippen molar-refractivity contribution in [1.82, 2.24) is 15.2 Å².